The Morgan fingerprint density at radius 3 is 1.73 bits per heavy atom. The molecular weight excluding hydrogens is 865 g/mol. The standard InChI is InChI=1S/C38H56N12O13S/c1-64-14-12-27(37(62)63)50-33(58)24(3-2-13-43-38(40)41)47-34(59)25(8-10-30(53)54)48-35(60)26(9-11-31(55)56)49-36(61)28(15-20-4-6-22(51)7-5-20)46-29(52)18-44-32(57)23(39)16-21-17-42-19-45-21/h4-7,17,19,23-28,51H,2-3,8-16,18,39H2,1H3,(H,42,45)(H,44,57)(H,46,52)(H,47,59)(H,48,60)(H,49,61)(H,50,58)(H,53,54)(H,55,56)(H,62,63)(H4,40,41,43)/t23-,24-,25-,26-,27-,28-/m0/s1. The number of nitrogens with two attached hydrogens (primary N) is 3. The van der Waals surface area contributed by atoms with Crippen molar-refractivity contribution in [3.8, 4) is 5.75 Å². The number of amides is 6. The summed E-state index contributed by atoms with van der Waals surface area (Å²) < 4.78 is 0. The second kappa shape index (κ2) is 27.9. The van der Waals surface area contributed by atoms with E-state index in [0.29, 0.717) is 17.0 Å². The summed E-state index contributed by atoms with van der Waals surface area (Å²) in [7, 11) is 0. The van der Waals surface area contributed by atoms with Crippen LogP contribution in [0.4, 0.5) is 0 Å². The quantitative estimate of drug-likeness (QED) is 0.0204. The number of phenols is 1. The molecule has 0 saturated heterocycles. The zero-order valence-electron chi connectivity index (χ0n) is 34.9. The molecule has 64 heavy (non-hydrogen) atoms. The molecule has 0 bridgehead atoms. The van der Waals surface area contributed by atoms with Gasteiger partial charge in [0.2, 0.25) is 35.4 Å². The highest BCUT2D eigenvalue weighted by molar-refractivity contribution is 7.98. The number of H-pyrrole nitrogens is 1. The maximum absolute atomic E-state index is 13.9. The van der Waals surface area contributed by atoms with Crippen molar-refractivity contribution in [3.63, 3.8) is 0 Å². The summed E-state index contributed by atoms with van der Waals surface area (Å²) in [5.74, 6) is -9.83. The Balaban J connectivity index is 2.36. The van der Waals surface area contributed by atoms with Gasteiger partial charge in [-0.25, -0.2) is 9.78 Å². The topological polar surface area (TPSA) is 426 Å². The summed E-state index contributed by atoms with van der Waals surface area (Å²) in [4.78, 5) is 126. The Morgan fingerprint density at radius 2 is 1.25 bits per heavy atom. The van der Waals surface area contributed by atoms with Crippen LogP contribution in [0.3, 0.4) is 0 Å². The van der Waals surface area contributed by atoms with Gasteiger partial charge in [0.1, 0.15) is 36.0 Å². The number of phenolic OH excluding ortho intramolecular Hbond substituents is 1. The number of nitrogens with zero attached hydrogens (tertiary/aromatic N) is 2. The molecule has 352 valence electrons. The van der Waals surface area contributed by atoms with E-state index in [1.54, 1.807) is 6.26 Å². The summed E-state index contributed by atoms with van der Waals surface area (Å²) in [6.45, 7) is -0.634. The molecule has 6 atom stereocenters. The molecule has 0 saturated carbocycles. The zero-order chi connectivity index (χ0) is 47.8. The van der Waals surface area contributed by atoms with E-state index in [9.17, 15) is 63.6 Å². The predicted molar refractivity (Wildman–Crippen MR) is 229 cm³/mol. The van der Waals surface area contributed by atoms with Crippen LogP contribution in [0.1, 0.15) is 56.2 Å². The molecule has 25 nitrogen and oxygen atoms in total. The highest BCUT2D eigenvalue weighted by Gasteiger charge is 2.33. The molecule has 0 fully saturated rings. The van der Waals surface area contributed by atoms with Crippen LogP contribution in [0.15, 0.2) is 41.8 Å². The molecule has 17 N–H and O–H groups in total. The van der Waals surface area contributed by atoms with Crippen molar-refractivity contribution >= 4 is 71.1 Å². The summed E-state index contributed by atoms with van der Waals surface area (Å²) in [6, 6.07) is -3.24. The molecule has 0 aliphatic carbocycles. The average molecular weight is 921 g/mol. The highest BCUT2D eigenvalue weighted by Crippen LogP contribution is 2.13. The minimum Gasteiger partial charge on any atom is -0.508 e. The van der Waals surface area contributed by atoms with Crippen molar-refractivity contribution in [2.24, 2.45) is 22.2 Å². The number of imidazole rings is 1. The Hall–Kier alpha value is -6.96. The third-order valence-electron chi connectivity index (χ3n) is 9.15. The van der Waals surface area contributed by atoms with Gasteiger partial charge >= 0.3 is 17.9 Å². The number of aromatic hydroxyl groups is 1. The number of aliphatic carboxylic acids is 3. The lowest BCUT2D eigenvalue weighted by molar-refractivity contribution is -0.142. The monoisotopic (exact) mass is 920 g/mol. The van der Waals surface area contributed by atoms with Crippen LogP contribution >= 0.6 is 11.8 Å². The average Bonchev–Trinajstić information content (AvgIpc) is 3.75. The van der Waals surface area contributed by atoms with E-state index >= 15 is 0 Å². The number of hydrogen-bond donors (Lipinski definition) is 14. The Kier molecular flexibility index (Phi) is 23.2. The normalized spacial score (nSPS) is 13.6. The van der Waals surface area contributed by atoms with Gasteiger partial charge in [-0.15, -0.1) is 0 Å². The largest absolute Gasteiger partial charge is 0.508 e. The molecule has 26 heteroatoms. The minimum atomic E-state index is -1.71. The van der Waals surface area contributed by atoms with E-state index in [-0.39, 0.29) is 50.4 Å². The van der Waals surface area contributed by atoms with Crippen LogP contribution in [-0.2, 0) is 56.0 Å². The molecule has 1 heterocycles. The number of rotatable bonds is 30. The Labute approximate surface area is 370 Å². The maximum atomic E-state index is 13.9. The van der Waals surface area contributed by atoms with Crippen LogP contribution in [0.2, 0.25) is 0 Å². The number of carboxylic acid groups (broad SMARTS) is 3. The lowest BCUT2D eigenvalue weighted by atomic mass is 10.0. The second-order valence-corrected chi connectivity index (χ2v) is 15.3. The number of benzene rings is 1. The minimum absolute atomic E-state index is 0.00459. The number of aromatic amines is 1. The summed E-state index contributed by atoms with van der Waals surface area (Å²) >= 11 is 1.33. The van der Waals surface area contributed by atoms with Gasteiger partial charge in [-0.3, -0.25) is 43.3 Å². The van der Waals surface area contributed by atoms with Gasteiger partial charge < -0.3 is 74.5 Å². The lowest BCUT2D eigenvalue weighted by Crippen LogP contribution is -2.59. The number of hydrogen-bond acceptors (Lipinski definition) is 14. The first kappa shape index (κ1) is 53.2. The van der Waals surface area contributed by atoms with E-state index in [4.69, 9.17) is 17.2 Å². The van der Waals surface area contributed by atoms with Crippen molar-refractivity contribution in [1.82, 2.24) is 41.9 Å². The van der Waals surface area contributed by atoms with Gasteiger partial charge in [0, 0.05) is 44.1 Å². The van der Waals surface area contributed by atoms with Crippen LogP contribution in [0.5, 0.6) is 5.75 Å². The molecule has 0 radical (unpaired) electrons. The van der Waals surface area contributed by atoms with Crippen molar-refractivity contribution in [1.29, 1.82) is 0 Å². The van der Waals surface area contributed by atoms with E-state index < -0.39 is 122 Å². The van der Waals surface area contributed by atoms with Crippen molar-refractivity contribution in [3.05, 3.63) is 48.0 Å². The smallest absolute Gasteiger partial charge is 0.326 e. The number of nitrogens with one attached hydrogen (secondary N) is 7. The molecule has 0 aliphatic rings. The first-order chi connectivity index (χ1) is 30.3. The van der Waals surface area contributed by atoms with Crippen molar-refractivity contribution in [2.75, 3.05) is 25.1 Å². The van der Waals surface area contributed by atoms with E-state index in [2.05, 4.69) is 46.9 Å². The second-order valence-electron chi connectivity index (χ2n) is 14.3. The van der Waals surface area contributed by atoms with Crippen LogP contribution in [0.25, 0.3) is 0 Å². The number of thioether (sulfide) groups is 1. The SMILES string of the molecule is CSCC[C@H](NC(=O)[C@H](CCCN=C(N)N)NC(=O)[C@H](CCC(=O)O)NC(=O)[C@H](CCC(=O)O)NC(=O)[C@H](Cc1ccc(O)cc1)NC(=O)CNC(=O)[C@@H](N)Cc1cnc[nH]1)C(=O)O. The molecule has 0 unspecified atom stereocenters. The fourth-order valence-corrected chi connectivity index (χ4v) is 6.25. The van der Waals surface area contributed by atoms with Gasteiger partial charge in [0.05, 0.1) is 18.9 Å². The van der Waals surface area contributed by atoms with Gasteiger partial charge in [0.15, 0.2) is 5.96 Å². The molecule has 0 spiro atoms. The van der Waals surface area contributed by atoms with Crippen LogP contribution < -0.4 is 49.1 Å². The fraction of sp³-hybridized carbons (Fsp3) is 0.500. The van der Waals surface area contributed by atoms with Gasteiger partial charge in [-0.2, -0.15) is 11.8 Å². The number of carboxylic acids is 3. The molecular formula is C38H56N12O13S. The highest BCUT2D eigenvalue weighted by atomic mass is 32.2. The molecule has 0 aliphatic heterocycles. The first-order valence-electron chi connectivity index (χ1n) is 19.8. The first-order valence-corrected chi connectivity index (χ1v) is 21.2. The van der Waals surface area contributed by atoms with E-state index in [1.807, 2.05) is 0 Å². The lowest BCUT2D eigenvalue weighted by Gasteiger charge is -2.27. The van der Waals surface area contributed by atoms with Crippen molar-refractivity contribution in [2.45, 2.75) is 94.0 Å². The van der Waals surface area contributed by atoms with E-state index in [1.165, 1.54) is 48.6 Å². The van der Waals surface area contributed by atoms with Crippen molar-refractivity contribution < 1.29 is 63.6 Å². The molecule has 1 aromatic heterocycles. The summed E-state index contributed by atoms with van der Waals surface area (Å²) in [5.41, 5.74) is 17.7. The molecule has 6 amide bonds. The van der Waals surface area contributed by atoms with Gasteiger partial charge in [-0.05, 0) is 61.8 Å². The van der Waals surface area contributed by atoms with E-state index in [0.717, 1.165) is 0 Å². The number of aromatic nitrogens is 2. The Bertz CT molecular complexity index is 1930. The van der Waals surface area contributed by atoms with Gasteiger partial charge in [-0.1, -0.05) is 12.1 Å². The Morgan fingerprint density at radius 1 is 0.719 bits per heavy atom. The third kappa shape index (κ3) is 20.7. The van der Waals surface area contributed by atoms with Gasteiger partial charge in [0.25, 0.3) is 0 Å². The van der Waals surface area contributed by atoms with Crippen LogP contribution in [0, 0.1) is 0 Å². The predicted octanol–water partition coefficient (Wildman–Crippen LogP) is -3.61. The number of aliphatic imine (C=N–C) groups is 1. The molecule has 2 aromatic rings. The van der Waals surface area contributed by atoms with Crippen LogP contribution in [-0.4, -0.2) is 151 Å². The summed E-state index contributed by atoms with van der Waals surface area (Å²) in [6.07, 6.45) is 1.92. The molecule has 1 aromatic carbocycles. The fourth-order valence-electron chi connectivity index (χ4n) is 5.77. The maximum Gasteiger partial charge on any atom is 0.326 e. The molecule has 2 rings (SSSR count). The number of carbonyl (C=O) groups excluding carboxylic acids is 6. The summed E-state index contributed by atoms with van der Waals surface area (Å²) in [5, 5.41) is 52.7. The number of guanidine groups is 1. The number of carbonyl (C=O) groups is 9. The zero-order valence-corrected chi connectivity index (χ0v) is 35.7. The third-order valence-corrected chi connectivity index (χ3v) is 9.79.